The van der Waals surface area contributed by atoms with Crippen molar-refractivity contribution in [2.75, 3.05) is 0 Å². The van der Waals surface area contributed by atoms with Crippen molar-refractivity contribution in [2.45, 2.75) is 13.8 Å². The number of aliphatic imine (C=N–C) groups is 1. The first-order valence-electron chi connectivity index (χ1n) is 6.51. The first-order valence-corrected chi connectivity index (χ1v) is 6.89. The molecule has 0 radical (unpaired) electrons. The summed E-state index contributed by atoms with van der Waals surface area (Å²) in [5, 5.41) is 0.548. The van der Waals surface area contributed by atoms with E-state index in [-0.39, 0.29) is 11.9 Å². The normalized spacial score (nSPS) is 11.0. The summed E-state index contributed by atoms with van der Waals surface area (Å²) in [5.74, 6) is -0.0668. The molecule has 0 saturated carbocycles. The number of nitrogens with zero attached hydrogens (tertiary/aromatic N) is 2. The molecule has 0 fully saturated rings. The van der Waals surface area contributed by atoms with Gasteiger partial charge in [-0.25, -0.2) is 0 Å². The number of ether oxygens (including phenoxy) is 1. The Morgan fingerprint density at radius 1 is 1.38 bits per heavy atom. The monoisotopic (exact) mass is 302 g/mol. The molecule has 5 heteroatoms. The molecule has 0 saturated heterocycles. The molecular formula is C16H15ClN2O2. The second-order valence-electron chi connectivity index (χ2n) is 4.73. The summed E-state index contributed by atoms with van der Waals surface area (Å²) in [6.45, 7) is 3.56. The van der Waals surface area contributed by atoms with E-state index in [0.29, 0.717) is 22.0 Å². The Morgan fingerprint density at radius 2 is 2.19 bits per heavy atom. The van der Waals surface area contributed by atoms with Crippen LogP contribution in [0.25, 0.3) is 0 Å². The molecular weight excluding hydrogens is 288 g/mol. The molecule has 0 unspecified atom stereocenters. The summed E-state index contributed by atoms with van der Waals surface area (Å²) in [7, 11) is 0. The summed E-state index contributed by atoms with van der Waals surface area (Å²) in [5.41, 5.74) is 1.35. The van der Waals surface area contributed by atoms with Gasteiger partial charge >= 0.3 is 5.97 Å². The molecule has 2 rings (SSSR count). The summed E-state index contributed by atoms with van der Waals surface area (Å²) in [4.78, 5) is 20.0. The van der Waals surface area contributed by atoms with Gasteiger partial charge in [-0.1, -0.05) is 25.4 Å². The van der Waals surface area contributed by atoms with Crippen molar-refractivity contribution in [1.82, 2.24) is 4.98 Å². The fraction of sp³-hybridized carbons (Fsp3) is 0.188. The van der Waals surface area contributed by atoms with Gasteiger partial charge in [-0.3, -0.25) is 14.8 Å². The van der Waals surface area contributed by atoms with Crippen LogP contribution in [-0.2, 0) is 4.79 Å². The highest BCUT2D eigenvalue weighted by Gasteiger charge is 2.12. The van der Waals surface area contributed by atoms with Crippen molar-refractivity contribution in [3.8, 4) is 5.75 Å². The summed E-state index contributed by atoms with van der Waals surface area (Å²) in [6.07, 6.45) is 4.92. The van der Waals surface area contributed by atoms with Gasteiger partial charge in [0.1, 0.15) is 5.75 Å². The van der Waals surface area contributed by atoms with E-state index in [0.717, 1.165) is 0 Å². The van der Waals surface area contributed by atoms with Crippen molar-refractivity contribution in [2.24, 2.45) is 10.9 Å². The third-order valence-corrected chi connectivity index (χ3v) is 2.89. The predicted octanol–water partition coefficient (Wildman–Crippen LogP) is 4.05. The summed E-state index contributed by atoms with van der Waals surface area (Å²) in [6, 6.07) is 8.65. The number of hydrogen-bond donors (Lipinski definition) is 0. The Hall–Kier alpha value is -2.20. The van der Waals surface area contributed by atoms with Gasteiger partial charge in [0, 0.05) is 23.0 Å². The number of aromatic nitrogens is 1. The van der Waals surface area contributed by atoms with E-state index >= 15 is 0 Å². The maximum Gasteiger partial charge on any atom is 0.313 e. The molecule has 0 amide bonds. The van der Waals surface area contributed by atoms with Crippen LogP contribution < -0.4 is 4.74 Å². The maximum absolute atomic E-state index is 11.7. The SMILES string of the molecule is CC(C)C(=O)Oc1ccc(Cl)cc1C=Nc1cccnc1. The highest BCUT2D eigenvalue weighted by Crippen LogP contribution is 2.23. The van der Waals surface area contributed by atoms with Crippen molar-refractivity contribution in [3.05, 3.63) is 53.3 Å². The number of pyridine rings is 1. The number of carbonyl (C=O) groups is 1. The second-order valence-corrected chi connectivity index (χ2v) is 5.16. The minimum absolute atomic E-state index is 0.205. The minimum atomic E-state index is -0.298. The standard InChI is InChI=1S/C16H15ClN2O2/c1-11(2)16(20)21-15-6-5-13(17)8-12(15)9-19-14-4-3-7-18-10-14/h3-11H,1-2H3. The number of hydrogen-bond acceptors (Lipinski definition) is 4. The van der Waals surface area contributed by atoms with Gasteiger partial charge in [-0.2, -0.15) is 0 Å². The third-order valence-electron chi connectivity index (χ3n) is 2.65. The largest absolute Gasteiger partial charge is 0.426 e. The van der Waals surface area contributed by atoms with E-state index in [9.17, 15) is 4.79 Å². The van der Waals surface area contributed by atoms with Crippen LogP contribution in [0.5, 0.6) is 5.75 Å². The van der Waals surface area contributed by atoms with Crippen LogP contribution in [0.2, 0.25) is 5.02 Å². The quantitative estimate of drug-likeness (QED) is 0.486. The van der Waals surface area contributed by atoms with E-state index < -0.39 is 0 Å². The van der Waals surface area contributed by atoms with Crippen LogP contribution in [0.1, 0.15) is 19.4 Å². The number of esters is 1. The number of benzene rings is 1. The van der Waals surface area contributed by atoms with Gasteiger partial charge in [-0.05, 0) is 30.3 Å². The predicted molar refractivity (Wildman–Crippen MR) is 83.4 cm³/mol. The molecule has 1 heterocycles. The smallest absolute Gasteiger partial charge is 0.313 e. The van der Waals surface area contributed by atoms with Crippen LogP contribution in [0.4, 0.5) is 5.69 Å². The lowest BCUT2D eigenvalue weighted by Gasteiger charge is -2.09. The van der Waals surface area contributed by atoms with Crippen molar-refractivity contribution in [3.63, 3.8) is 0 Å². The first-order chi connectivity index (χ1) is 10.1. The molecule has 2 aromatic rings. The van der Waals surface area contributed by atoms with Gasteiger partial charge in [0.25, 0.3) is 0 Å². The van der Waals surface area contributed by atoms with Crippen LogP contribution in [0.15, 0.2) is 47.7 Å². The summed E-state index contributed by atoms with van der Waals surface area (Å²) >= 11 is 5.98. The van der Waals surface area contributed by atoms with Gasteiger partial charge in [0.2, 0.25) is 0 Å². The fourth-order valence-electron chi connectivity index (χ4n) is 1.51. The van der Waals surface area contributed by atoms with Crippen molar-refractivity contribution < 1.29 is 9.53 Å². The molecule has 1 aromatic carbocycles. The Labute approximate surface area is 128 Å². The zero-order valence-corrected chi connectivity index (χ0v) is 12.5. The highest BCUT2D eigenvalue weighted by atomic mass is 35.5. The van der Waals surface area contributed by atoms with Gasteiger partial charge in [-0.15, -0.1) is 0 Å². The number of carbonyl (C=O) groups excluding carboxylic acids is 1. The molecule has 4 nitrogen and oxygen atoms in total. The molecule has 0 aliphatic heterocycles. The molecule has 0 aliphatic rings. The second kappa shape index (κ2) is 6.99. The average molecular weight is 303 g/mol. The highest BCUT2D eigenvalue weighted by molar-refractivity contribution is 6.31. The molecule has 0 aliphatic carbocycles. The molecule has 0 atom stereocenters. The fourth-order valence-corrected chi connectivity index (χ4v) is 1.69. The molecule has 0 spiro atoms. The van der Waals surface area contributed by atoms with E-state index in [1.807, 2.05) is 6.07 Å². The van der Waals surface area contributed by atoms with E-state index in [4.69, 9.17) is 16.3 Å². The molecule has 1 aromatic heterocycles. The van der Waals surface area contributed by atoms with Crippen LogP contribution in [0, 0.1) is 5.92 Å². The van der Waals surface area contributed by atoms with Crippen LogP contribution in [-0.4, -0.2) is 17.2 Å². The lowest BCUT2D eigenvalue weighted by atomic mass is 10.2. The first kappa shape index (κ1) is 15.2. The lowest BCUT2D eigenvalue weighted by molar-refractivity contribution is -0.137. The molecule has 108 valence electrons. The van der Waals surface area contributed by atoms with E-state index in [1.165, 1.54) is 0 Å². The van der Waals surface area contributed by atoms with Crippen molar-refractivity contribution >= 4 is 29.5 Å². The van der Waals surface area contributed by atoms with E-state index in [2.05, 4.69) is 9.98 Å². The Bertz CT molecular complexity index is 655. The molecule has 0 bridgehead atoms. The van der Waals surface area contributed by atoms with Gasteiger partial charge < -0.3 is 4.74 Å². The lowest BCUT2D eigenvalue weighted by Crippen LogP contribution is -2.15. The van der Waals surface area contributed by atoms with Crippen LogP contribution in [0.3, 0.4) is 0 Å². The van der Waals surface area contributed by atoms with Crippen LogP contribution >= 0.6 is 11.6 Å². The van der Waals surface area contributed by atoms with Crippen molar-refractivity contribution in [1.29, 1.82) is 0 Å². The molecule has 0 N–H and O–H groups in total. The Morgan fingerprint density at radius 3 is 2.86 bits per heavy atom. The maximum atomic E-state index is 11.7. The average Bonchev–Trinajstić information content (AvgIpc) is 2.48. The number of rotatable bonds is 4. The zero-order valence-electron chi connectivity index (χ0n) is 11.8. The Kier molecular flexibility index (Phi) is 5.06. The van der Waals surface area contributed by atoms with E-state index in [1.54, 1.807) is 56.7 Å². The molecule has 21 heavy (non-hydrogen) atoms. The Balaban J connectivity index is 2.27. The number of halogens is 1. The van der Waals surface area contributed by atoms with Gasteiger partial charge in [0.15, 0.2) is 0 Å². The van der Waals surface area contributed by atoms with Gasteiger partial charge in [0.05, 0.1) is 17.8 Å². The minimum Gasteiger partial charge on any atom is -0.426 e. The third kappa shape index (κ3) is 4.39. The topological polar surface area (TPSA) is 51.5 Å². The summed E-state index contributed by atoms with van der Waals surface area (Å²) < 4.78 is 5.35. The zero-order chi connectivity index (χ0) is 15.2.